The molecule has 0 radical (unpaired) electrons. The Morgan fingerprint density at radius 1 is 0.327 bits per heavy atom. The third-order valence-corrected chi connectivity index (χ3v) is 9.64. The molecule has 0 amide bonds. The minimum absolute atomic E-state index is 0.550. The summed E-state index contributed by atoms with van der Waals surface area (Å²) in [6, 6.07) is 62.5. The molecular weight excluding hydrogens is 637 g/mol. The molecule has 6 nitrogen and oxygen atoms in total. The van der Waals surface area contributed by atoms with Gasteiger partial charge in [-0.25, -0.2) is 9.97 Å². The standard InChI is InChI=1S/C46H30N6/c1-3-17-31(18-4-1)33-21-7-8-24-36(33)43-48-44(50-46(49-43)52-39-27-13-9-22-34(39)35-23-10-14-28-40(35)52)37-25-11-15-29-41(37)51-42-30-16-12-26-38(42)47-45(51)32-19-5-2-6-20-32/h1-30H. The van der Waals surface area contributed by atoms with Crippen molar-refractivity contribution < 1.29 is 0 Å². The van der Waals surface area contributed by atoms with E-state index in [4.69, 9.17) is 19.9 Å². The topological polar surface area (TPSA) is 61.4 Å². The summed E-state index contributed by atoms with van der Waals surface area (Å²) in [4.78, 5) is 21.1. The molecule has 244 valence electrons. The zero-order valence-electron chi connectivity index (χ0n) is 28.0. The molecule has 3 heterocycles. The molecule has 0 saturated carbocycles. The van der Waals surface area contributed by atoms with Crippen LogP contribution in [0.2, 0.25) is 0 Å². The fourth-order valence-corrected chi connectivity index (χ4v) is 7.30. The Balaban J connectivity index is 1.28. The van der Waals surface area contributed by atoms with Gasteiger partial charge in [0, 0.05) is 27.5 Å². The number of nitrogens with zero attached hydrogens (tertiary/aromatic N) is 6. The number of fused-ring (bicyclic) bond motifs is 4. The molecule has 0 atom stereocenters. The minimum atomic E-state index is 0.550. The van der Waals surface area contributed by atoms with Crippen LogP contribution in [0.5, 0.6) is 0 Å². The average Bonchev–Trinajstić information content (AvgIpc) is 3.78. The van der Waals surface area contributed by atoms with E-state index in [2.05, 4.69) is 149 Å². The zero-order valence-corrected chi connectivity index (χ0v) is 28.0. The Hall–Kier alpha value is -7.18. The second kappa shape index (κ2) is 12.3. The number of aromatic nitrogens is 6. The number of para-hydroxylation sites is 5. The molecule has 0 aliphatic heterocycles. The van der Waals surface area contributed by atoms with Gasteiger partial charge in [0.25, 0.3) is 0 Å². The van der Waals surface area contributed by atoms with Crippen LogP contribution >= 0.6 is 0 Å². The van der Waals surface area contributed by atoms with Crippen LogP contribution in [-0.2, 0) is 0 Å². The maximum Gasteiger partial charge on any atom is 0.238 e. The predicted octanol–water partition coefficient (Wildman–Crippen LogP) is 11.0. The molecule has 0 aliphatic carbocycles. The Bertz CT molecular complexity index is 2850. The molecule has 10 rings (SSSR count). The van der Waals surface area contributed by atoms with Crippen molar-refractivity contribution in [2.45, 2.75) is 0 Å². The van der Waals surface area contributed by atoms with Gasteiger partial charge < -0.3 is 0 Å². The lowest BCUT2D eigenvalue weighted by Crippen LogP contribution is -2.08. The Morgan fingerprint density at radius 2 is 0.827 bits per heavy atom. The smallest absolute Gasteiger partial charge is 0.238 e. The maximum atomic E-state index is 5.33. The Kier molecular flexibility index (Phi) is 7.03. The summed E-state index contributed by atoms with van der Waals surface area (Å²) in [6.07, 6.45) is 0. The van der Waals surface area contributed by atoms with E-state index in [1.165, 1.54) is 0 Å². The third kappa shape index (κ3) is 4.88. The summed E-state index contributed by atoms with van der Waals surface area (Å²) in [7, 11) is 0. The molecular formula is C46H30N6. The van der Waals surface area contributed by atoms with Gasteiger partial charge in [-0.05, 0) is 47.5 Å². The molecule has 0 aliphatic rings. The first-order chi connectivity index (χ1) is 25.8. The van der Waals surface area contributed by atoms with E-state index in [0.717, 1.165) is 72.2 Å². The van der Waals surface area contributed by atoms with Crippen molar-refractivity contribution in [3.8, 4) is 56.9 Å². The highest BCUT2D eigenvalue weighted by atomic mass is 15.2. The maximum absolute atomic E-state index is 5.33. The fourth-order valence-electron chi connectivity index (χ4n) is 7.30. The fraction of sp³-hybridized carbons (Fsp3) is 0. The van der Waals surface area contributed by atoms with Crippen LogP contribution in [0.25, 0.3) is 89.8 Å². The van der Waals surface area contributed by atoms with Crippen LogP contribution in [0.4, 0.5) is 0 Å². The highest BCUT2D eigenvalue weighted by Gasteiger charge is 2.22. The summed E-state index contributed by atoms with van der Waals surface area (Å²) in [5, 5.41) is 2.29. The van der Waals surface area contributed by atoms with Gasteiger partial charge in [0.05, 0.1) is 27.8 Å². The summed E-state index contributed by atoms with van der Waals surface area (Å²) in [5.41, 5.74) is 9.86. The van der Waals surface area contributed by atoms with E-state index in [-0.39, 0.29) is 0 Å². The van der Waals surface area contributed by atoms with Crippen molar-refractivity contribution in [2.75, 3.05) is 0 Å². The number of imidazole rings is 1. The van der Waals surface area contributed by atoms with E-state index in [9.17, 15) is 0 Å². The number of rotatable bonds is 6. The highest BCUT2D eigenvalue weighted by molar-refractivity contribution is 6.09. The molecule has 0 unspecified atom stereocenters. The molecule has 10 aromatic rings. The van der Waals surface area contributed by atoms with Crippen LogP contribution in [-0.4, -0.2) is 29.1 Å². The van der Waals surface area contributed by atoms with Crippen LogP contribution < -0.4 is 0 Å². The summed E-state index contributed by atoms with van der Waals surface area (Å²) < 4.78 is 4.39. The molecule has 0 bridgehead atoms. The van der Waals surface area contributed by atoms with Crippen molar-refractivity contribution in [3.05, 3.63) is 182 Å². The molecule has 3 aromatic heterocycles. The van der Waals surface area contributed by atoms with Crippen molar-refractivity contribution in [1.82, 2.24) is 29.1 Å². The van der Waals surface area contributed by atoms with Gasteiger partial charge in [-0.1, -0.05) is 146 Å². The molecule has 0 fully saturated rings. The van der Waals surface area contributed by atoms with Gasteiger partial charge in [-0.3, -0.25) is 9.13 Å². The molecule has 0 N–H and O–H groups in total. The average molecular weight is 667 g/mol. The lowest BCUT2D eigenvalue weighted by atomic mass is 9.99. The van der Waals surface area contributed by atoms with Crippen LogP contribution in [0, 0.1) is 0 Å². The monoisotopic (exact) mass is 666 g/mol. The summed E-state index contributed by atoms with van der Waals surface area (Å²) >= 11 is 0. The first-order valence-electron chi connectivity index (χ1n) is 17.3. The van der Waals surface area contributed by atoms with Gasteiger partial charge in [-0.2, -0.15) is 9.97 Å². The Labute approximate surface area is 300 Å². The first kappa shape index (κ1) is 29.7. The third-order valence-electron chi connectivity index (χ3n) is 9.64. The lowest BCUT2D eigenvalue weighted by molar-refractivity contribution is 0.951. The molecule has 7 aromatic carbocycles. The van der Waals surface area contributed by atoms with Gasteiger partial charge in [0.1, 0.15) is 5.82 Å². The lowest BCUT2D eigenvalue weighted by Gasteiger charge is -2.16. The van der Waals surface area contributed by atoms with Gasteiger partial charge in [0.2, 0.25) is 5.95 Å². The minimum Gasteiger partial charge on any atom is -0.292 e. The van der Waals surface area contributed by atoms with E-state index in [1.54, 1.807) is 0 Å². The first-order valence-corrected chi connectivity index (χ1v) is 17.3. The highest BCUT2D eigenvalue weighted by Crippen LogP contribution is 2.37. The van der Waals surface area contributed by atoms with Crippen molar-refractivity contribution in [1.29, 1.82) is 0 Å². The van der Waals surface area contributed by atoms with Crippen molar-refractivity contribution in [2.24, 2.45) is 0 Å². The van der Waals surface area contributed by atoms with E-state index in [1.807, 2.05) is 42.5 Å². The normalized spacial score (nSPS) is 11.5. The predicted molar refractivity (Wildman–Crippen MR) is 211 cm³/mol. The largest absolute Gasteiger partial charge is 0.292 e. The van der Waals surface area contributed by atoms with Gasteiger partial charge >= 0.3 is 0 Å². The second-order valence-corrected chi connectivity index (χ2v) is 12.7. The van der Waals surface area contributed by atoms with E-state index >= 15 is 0 Å². The number of benzene rings is 7. The van der Waals surface area contributed by atoms with E-state index < -0.39 is 0 Å². The molecule has 0 saturated heterocycles. The van der Waals surface area contributed by atoms with Crippen molar-refractivity contribution in [3.63, 3.8) is 0 Å². The van der Waals surface area contributed by atoms with Gasteiger partial charge in [-0.15, -0.1) is 0 Å². The quantitative estimate of drug-likeness (QED) is 0.177. The molecule has 52 heavy (non-hydrogen) atoms. The van der Waals surface area contributed by atoms with Crippen LogP contribution in [0.3, 0.4) is 0 Å². The summed E-state index contributed by atoms with van der Waals surface area (Å²) in [5.74, 6) is 2.56. The molecule has 0 spiro atoms. The van der Waals surface area contributed by atoms with E-state index in [0.29, 0.717) is 17.6 Å². The number of hydrogen-bond donors (Lipinski definition) is 0. The zero-order chi connectivity index (χ0) is 34.4. The summed E-state index contributed by atoms with van der Waals surface area (Å²) in [6.45, 7) is 0. The van der Waals surface area contributed by atoms with Gasteiger partial charge in [0.15, 0.2) is 11.6 Å². The van der Waals surface area contributed by atoms with Crippen LogP contribution in [0.15, 0.2) is 182 Å². The van der Waals surface area contributed by atoms with Crippen molar-refractivity contribution >= 4 is 32.8 Å². The SMILES string of the molecule is c1ccc(-c2ccccc2-c2nc(-c3ccccc3-n3c(-c4ccccc4)nc4ccccc43)nc(-n3c4ccccc4c4ccccc43)n2)cc1. The second-order valence-electron chi connectivity index (χ2n) is 12.7. The molecule has 6 heteroatoms. The number of hydrogen-bond acceptors (Lipinski definition) is 4. The Morgan fingerprint density at radius 3 is 1.52 bits per heavy atom. The van der Waals surface area contributed by atoms with Crippen LogP contribution in [0.1, 0.15) is 0 Å².